The number of imidazole rings is 1. The summed E-state index contributed by atoms with van der Waals surface area (Å²) in [6.07, 6.45) is 2.96. The number of aliphatic hydroxyl groups excluding tert-OH is 1. The monoisotopic (exact) mass is 238 g/mol. The van der Waals surface area contributed by atoms with Crippen LogP contribution in [0.25, 0.3) is 0 Å². The Morgan fingerprint density at radius 1 is 1.76 bits per heavy atom. The van der Waals surface area contributed by atoms with Crippen LogP contribution in [0.3, 0.4) is 0 Å². The second-order valence-corrected chi connectivity index (χ2v) is 4.26. The molecule has 0 aromatic carbocycles. The topological polar surface area (TPSA) is 90.0 Å². The maximum atomic E-state index is 11.9. The molecule has 2 heterocycles. The molecule has 0 fully saturated rings. The molecular weight excluding hydrogens is 220 g/mol. The number of fused-ring (bicyclic) bond motifs is 1. The van der Waals surface area contributed by atoms with Crippen molar-refractivity contribution in [3.63, 3.8) is 0 Å². The average molecular weight is 238 g/mol. The number of nitrogens with zero attached hydrogens (tertiary/aromatic N) is 1. The molecule has 0 aliphatic carbocycles. The van der Waals surface area contributed by atoms with E-state index in [0.29, 0.717) is 13.0 Å². The number of aromatic nitrogens is 2. The quantitative estimate of drug-likeness (QED) is 0.559. The number of aromatic amines is 1. The van der Waals surface area contributed by atoms with Crippen molar-refractivity contribution in [2.24, 2.45) is 0 Å². The molecule has 2 atom stereocenters. The van der Waals surface area contributed by atoms with Gasteiger partial charge >= 0.3 is 0 Å². The second kappa shape index (κ2) is 5.29. The molecule has 0 spiro atoms. The number of aliphatic hydroxyl groups is 1. The molecule has 1 aliphatic heterocycles. The zero-order valence-corrected chi connectivity index (χ0v) is 9.86. The molecule has 2 rings (SSSR count). The zero-order chi connectivity index (χ0) is 12.3. The van der Waals surface area contributed by atoms with Crippen LogP contribution < -0.4 is 10.6 Å². The third kappa shape index (κ3) is 2.65. The van der Waals surface area contributed by atoms with E-state index in [1.807, 2.05) is 6.92 Å². The smallest absolute Gasteiger partial charge is 0.237 e. The Hall–Kier alpha value is -1.40. The van der Waals surface area contributed by atoms with Crippen LogP contribution in [0.1, 0.15) is 24.7 Å². The van der Waals surface area contributed by atoms with Gasteiger partial charge in [0, 0.05) is 13.0 Å². The molecule has 1 amide bonds. The first-order chi connectivity index (χ1) is 8.24. The second-order valence-electron chi connectivity index (χ2n) is 4.26. The minimum absolute atomic E-state index is 0.0252. The van der Waals surface area contributed by atoms with E-state index in [4.69, 9.17) is 5.11 Å². The number of carbonyl (C=O) groups is 1. The van der Waals surface area contributed by atoms with E-state index in [1.165, 1.54) is 0 Å². The normalized spacial score (nSPS) is 20.7. The van der Waals surface area contributed by atoms with Gasteiger partial charge in [-0.25, -0.2) is 4.98 Å². The summed E-state index contributed by atoms with van der Waals surface area (Å²) in [7, 11) is 0. The third-order valence-electron chi connectivity index (χ3n) is 3.11. The minimum Gasteiger partial charge on any atom is -0.394 e. The SMILES string of the molecule is CC[C@@H](CO)NC(=O)C1Cc2nc[nH]c2CN1. The maximum Gasteiger partial charge on any atom is 0.237 e. The first-order valence-corrected chi connectivity index (χ1v) is 5.90. The fourth-order valence-corrected chi connectivity index (χ4v) is 1.93. The van der Waals surface area contributed by atoms with E-state index in [9.17, 15) is 4.79 Å². The Morgan fingerprint density at radius 3 is 3.29 bits per heavy atom. The van der Waals surface area contributed by atoms with Crippen molar-refractivity contribution < 1.29 is 9.90 Å². The van der Waals surface area contributed by atoms with Crippen LogP contribution in [-0.2, 0) is 17.8 Å². The van der Waals surface area contributed by atoms with Crippen LogP contribution in [0.2, 0.25) is 0 Å². The van der Waals surface area contributed by atoms with Crippen molar-refractivity contribution in [3.05, 3.63) is 17.7 Å². The van der Waals surface area contributed by atoms with Gasteiger partial charge in [0.25, 0.3) is 0 Å². The number of nitrogens with one attached hydrogen (secondary N) is 3. The highest BCUT2D eigenvalue weighted by molar-refractivity contribution is 5.82. The van der Waals surface area contributed by atoms with Gasteiger partial charge < -0.3 is 15.4 Å². The molecule has 0 saturated carbocycles. The van der Waals surface area contributed by atoms with E-state index < -0.39 is 0 Å². The summed E-state index contributed by atoms with van der Waals surface area (Å²) in [6, 6.07) is -0.420. The summed E-state index contributed by atoms with van der Waals surface area (Å²) < 4.78 is 0. The van der Waals surface area contributed by atoms with Crippen LogP contribution >= 0.6 is 0 Å². The number of carbonyl (C=O) groups excluding carboxylic acids is 1. The van der Waals surface area contributed by atoms with Crippen LogP contribution in [-0.4, -0.2) is 39.7 Å². The first-order valence-electron chi connectivity index (χ1n) is 5.90. The molecule has 1 aromatic rings. The molecule has 0 radical (unpaired) electrons. The van der Waals surface area contributed by atoms with Crippen molar-refractivity contribution in [1.82, 2.24) is 20.6 Å². The highest BCUT2D eigenvalue weighted by Gasteiger charge is 2.26. The molecule has 94 valence electrons. The van der Waals surface area contributed by atoms with Crippen molar-refractivity contribution in [2.75, 3.05) is 6.61 Å². The summed E-state index contributed by atoms with van der Waals surface area (Å²) in [6.45, 7) is 2.53. The Kier molecular flexibility index (Phi) is 3.75. The van der Waals surface area contributed by atoms with E-state index in [1.54, 1.807) is 6.33 Å². The van der Waals surface area contributed by atoms with Gasteiger partial charge in [0.1, 0.15) is 0 Å². The third-order valence-corrected chi connectivity index (χ3v) is 3.11. The lowest BCUT2D eigenvalue weighted by atomic mass is 10.0. The summed E-state index contributed by atoms with van der Waals surface area (Å²) in [5.41, 5.74) is 1.99. The first kappa shape index (κ1) is 12.1. The molecule has 1 unspecified atom stereocenters. The summed E-state index contributed by atoms with van der Waals surface area (Å²) in [4.78, 5) is 19.2. The summed E-state index contributed by atoms with van der Waals surface area (Å²) in [5.74, 6) is -0.0699. The highest BCUT2D eigenvalue weighted by atomic mass is 16.3. The molecule has 6 nitrogen and oxygen atoms in total. The molecule has 17 heavy (non-hydrogen) atoms. The van der Waals surface area contributed by atoms with Crippen LogP contribution in [0.4, 0.5) is 0 Å². The van der Waals surface area contributed by atoms with Crippen LogP contribution in [0.5, 0.6) is 0 Å². The van der Waals surface area contributed by atoms with Gasteiger partial charge in [-0.1, -0.05) is 6.92 Å². The number of hydrogen-bond acceptors (Lipinski definition) is 4. The van der Waals surface area contributed by atoms with Crippen LogP contribution in [0, 0.1) is 0 Å². The number of rotatable bonds is 4. The molecule has 6 heteroatoms. The number of H-pyrrole nitrogens is 1. The number of amides is 1. The van der Waals surface area contributed by atoms with E-state index in [2.05, 4.69) is 20.6 Å². The lowest BCUT2D eigenvalue weighted by molar-refractivity contribution is -0.124. The molecule has 4 N–H and O–H groups in total. The van der Waals surface area contributed by atoms with Gasteiger partial charge in [-0.3, -0.25) is 10.1 Å². The van der Waals surface area contributed by atoms with E-state index >= 15 is 0 Å². The zero-order valence-electron chi connectivity index (χ0n) is 9.86. The maximum absolute atomic E-state index is 11.9. The molecule has 0 bridgehead atoms. The predicted molar refractivity (Wildman–Crippen MR) is 62.2 cm³/mol. The van der Waals surface area contributed by atoms with Crippen molar-refractivity contribution in [2.45, 2.75) is 38.4 Å². The Bertz CT molecular complexity index is 387. The lowest BCUT2D eigenvalue weighted by Gasteiger charge is -2.24. The highest BCUT2D eigenvalue weighted by Crippen LogP contribution is 2.12. The fourth-order valence-electron chi connectivity index (χ4n) is 1.93. The standard InChI is InChI=1S/C11H18N4O2/c1-2-7(5-16)15-11(17)9-3-8-10(4-12-9)14-6-13-8/h6-7,9,12,16H,2-5H2,1H3,(H,13,14)(H,15,17)/t7-,9?/m0/s1. The molecule has 1 aromatic heterocycles. The Balaban J connectivity index is 1.94. The van der Waals surface area contributed by atoms with Gasteiger partial charge in [-0.2, -0.15) is 0 Å². The minimum atomic E-state index is -0.258. The van der Waals surface area contributed by atoms with Gasteiger partial charge in [-0.05, 0) is 6.42 Å². The number of hydrogen-bond donors (Lipinski definition) is 4. The van der Waals surface area contributed by atoms with Crippen molar-refractivity contribution in [1.29, 1.82) is 0 Å². The molecular formula is C11H18N4O2. The van der Waals surface area contributed by atoms with Crippen LogP contribution in [0.15, 0.2) is 6.33 Å². The van der Waals surface area contributed by atoms with E-state index in [0.717, 1.165) is 17.8 Å². The van der Waals surface area contributed by atoms with Crippen molar-refractivity contribution in [3.8, 4) is 0 Å². The van der Waals surface area contributed by atoms with Gasteiger partial charge in [0.2, 0.25) is 5.91 Å². The average Bonchev–Trinajstić information content (AvgIpc) is 2.82. The van der Waals surface area contributed by atoms with E-state index in [-0.39, 0.29) is 24.6 Å². The molecule has 1 aliphatic rings. The lowest BCUT2D eigenvalue weighted by Crippen LogP contribution is -2.51. The summed E-state index contributed by atoms with van der Waals surface area (Å²) in [5, 5.41) is 15.0. The largest absolute Gasteiger partial charge is 0.394 e. The van der Waals surface area contributed by atoms with Gasteiger partial charge in [0.05, 0.1) is 36.4 Å². The predicted octanol–water partition coefficient (Wildman–Crippen LogP) is -0.689. The summed E-state index contributed by atoms with van der Waals surface area (Å²) >= 11 is 0. The molecule has 0 saturated heterocycles. The Morgan fingerprint density at radius 2 is 2.59 bits per heavy atom. The Labute approximate surface area is 99.8 Å². The van der Waals surface area contributed by atoms with Gasteiger partial charge in [0.15, 0.2) is 0 Å². The van der Waals surface area contributed by atoms with Crippen molar-refractivity contribution >= 4 is 5.91 Å². The van der Waals surface area contributed by atoms with Gasteiger partial charge in [-0.15, -0.1) is 0 Å². The fraction of sp³-hybridized carbons (Fsp3) is 0.636.